The monoisotopic (exact) mass is 268 g/mol. The van der Waals surface area contributed by atoms with Gasteiger partial charge in [0.2, 0.25) is 0 Å². The molecular formula is C16H20N4. The van der Waals surface area contributed by atoms with Crippen molar-refractivity contribution in [3.05, 3.63) is 53.6 Å². The van der Waals surface area contributed by atoms with Crippen molar-refractivity contribution < 1.29 is 0 Å². The Labute approximate surface area is 119 Å². The molecule has 1 aliphatic carbocycles. The van der Waals surface area contributed by atoms with E-state index in [1.807, 2.05) is 6.20 Å². The van der Waals surface area contributed by atoms with Gasteiger partial charge in [0.25, 0.3) is 0 Å². The van der Waals surface area contributed by atoms with Gasteiger partial charge < -0.3 is 15.6 Å². The van der Waals surface area contributed by atoms with Crippen LogP contribution in [-0.4, -0.2) is 15.6 Å². The predicted octanol–water partition coefficient (Wildman–Crippen LogP) is 1.93. The second-order valence-corrected chi connectivity index (χ2v) is 5.92. The molecule has 3 N–H and O–H groups in total. The second-order valence-electron chi connectivity index (χ2n) is 5.92. The van der Waals surface area contributed by atoms with Crippen molar-refractivity contribution in [1.82, 2.24) is 14.9 Å². The molecule has 2 heterocycles. The largest absolute Gasteiger partial charge is 0.335 e. The van der Waals surface area contributed by atoms with E-state index in [2.05, 4.69) is 45.3 Å². The van der Waals surface area contributed by atoms with Crippen LogP contribution in [0.4, 0.5) is 0 Å². The molecule has 4 heteroatoms. The lowest BCUT2D eigenvalue weighted by molar-refractivity contribution is 0.348. The molecule has 0 radical (unpaired) electrons. The maximum Gasteiger partial charge on any atom is 0.110 e. The van der Waals surface area contributed by atoms with Crippen LogP contribution in [0.5, 0.6) is 0 Å². The summed E-state index contributed by atoms with van der Waals surface area (Å²) in [6.07, 6.45) is 7.16. The average Bonchev–Trinajstić information content (AvgIpc) is 3.05. The van der Waals surface area contributed by atoms with Crippen LogP contribution in [0.15, 0.2) is 36.7 Å². The Morgan fingerprint density at radius 1 is 1.25 bits per heavy atom. The lowest BCUT2D eigenvalue weighted by Crippen LogP contribution is -2.38. The summed E-state index contributed by atoms with van der Waals surface area (Å²) in [5.74, 6) is 1.20. The zero-order chi connectivity index (χ0) is 13.5. The van der Waals surface area contributed by atoms with E-state index in [0.717, 1.165) is 25.8 Å². The smallest absolute Gasteiger partial charge is 0.110 e. The summed E-state index contributed by atoms with van der Waals surface area (Å²) in [7, 11) is 0. The molecule has 0 saturated carbocycles. The molecule has 1 aromatic heterocycles. The molecule has 1 aliphatic heterocycles. The van der Waals surface area contributed by atoms with Crippen LogP contribution in [0.1, 0.15) is 41.9 Å². The van der Waals surface area contributed by atoms with Crippen molar-refractivity contribution in [2.75, 3.05) is 0 Å². The van der Waals surface area contributed by atoms with Crippen LogP contribution in [-0.2, 0) is 13.0 Å². The van der Waals surface area contributed by atoms with Gasteiger partial charge in [-0.2, -0.15) is 0 Å². The van der Waals surface area contributed by atoms with Crippen LogP contribution in [0.2, 0.25) is 0 Å². The number of rotatable bonds is 2. The zero-order valence-corrected chi connectivity index (χ0v) is 11.5. The van der Waals surface area contributed by atoms with Crippen molar-refractivity contribution in [1.29, 1.82) is 0 Å². The molecule has 0 saturated heterocycles. The highest BCUT2D eigenvalue weighted by molar-refractivity contribution is 5.37. The summed E-state index contributed by atoms with van der Waals surface area (Å²) < 4.78 is 2.26. The Hall–Kier alpha value is -1.65. The number of aromatic nitrogens is 2. The van der Waals surface area contributed by atoms with Crippen LogP contribution in [0, 0.1) is 0 Å². The number of hydrogen-bond acceptors (Lipinski definition) is 3. The molecule has 4 nitrogen and oxygen atoms in total. The van der Waals surface area contributed by atoms with E-state index in [9.17, 15) is 0 Å². The fraction of sp³-hybridized carbons (Fsp3) is 0.438. The van der Waals surface area contributed by atoms with E-state index in [1.165, 1.54) is 17.0 Å². The van der Waals surface area contributed by atoms with Crippen molar-refractivity contribution in [2.45, 2.75) is 43.9 Å². The molecule has 3 unspecified atom stereocenters. The first-order valence-electron chi connectivity index (χ1n) is 7.42. The SMILES string of the molecule is NC1CC(NC2CCn3ccnc3C2)c2ccccc21. The van der Waals surface area contributed by atoms with Gasteiger partial charge in [-0.3, -0.25) is 0 Å². The molecule has 0 spiro atoms. The van der Waals surface area contributed by atoms with Crippen molar-refractivity contribution >= 4 is 0 Å². The topological polar surface area (TPSA) is 55.9 Å². The van der Waals surface area contributed by atoms with Gasteiger partial charge in [-0.1, -0.05) is 24.3 Å². The number of aryl methyl sites for hydroxylation is 1. The van der Waals surface area contributed by atoms with E-state index in [1.54, 1.807) is 0 Å². The highest BCUT2D eigenvalue weighted by atomic mass is 15.1. The number of benzene rings is 1. The highest BCUT2D eigenvalue weighted by Gasteiger charge is 2.30. The number of imidazole rings is 1. The molecule has 2 aliphatic rings. The first kappa shape index (κ1) is 12.1. The Bertz CT molecular complexity index is 618. The van der Waals surface area contributed by atoms with E-state index < -0.39 is 0 Å². The number of fused-ring (bicyclic) bond motifs is 2. The van der Waals surface area contributed by atoms with Gasteiger partial charge in [-0.25, -0.2) is 4.98 Å². The van der Waals surface area contributed by atoms with E-state index >= 15 is 0 Å². The molecule has 3 atom stereocenters. The average molecular weight is 268 g/mol. The fourth-order valence-corrected chi connectivity index (χ4v) is 3.61. The van der Waals surface area contributed by atoms with Gasteiger partial charge in [0.05, 0.1) is 0 Å². The van der Waals surface area contributed by atoms with Crippen LogP contribution >= 0.6 is 0 Å². The maximum absolute atomic E-state index is 6.25. The van der Waals surface area contributed by atoms with E-state index in [-0.39, 0.29) is 6.04 Å². The minimum absolute atomic E-state index is 0.175. The molecule has 2 aromatic rings. The van der Waals surface area contributed by atoms with Crippen LogP contribution in [0.3, 0.4) is 0 Å². The van der Waals surface area contributed by atoms with Crippen molar-refractivity contribution in [2.24, 2.45) is 5.73 Å². The first-order valence-corrected chi connectivity index (χ1v) is 7.42. The first-order chi connectivity index (χ1) is 9.81. The summed E-state index contributed by atoms with van der Waals surface area (Å²) in [6.45, 7) is 1.06. The van der Waals surface area contributed by atoms with Gasteiger partial charge in [-0.15, -0.1) is 0 Å². The number of nitrogens with two attached hydrogens (primary N) is 1. The maximum atomic E-state index is 6.25. The molecule has 0 bridgehead atoms. The van der Waals surface area contributed by atoms with Gasteiger partial charge in [0.1, 0.15) is 5.82 Å². The lowest BCUT2D eigenvalue weighted by Gasteiger charge is -2.27. The van der Waals surface area contributed by atoms with Gasteiger partial charge in [-0.05, 0) is 24.0 Å². The Balaban J connectivity index is 1.51. The minimum atomic E-state index is 0.175. The molecule has 0 amide bonds. The third-order valence-corrected chi connectivity index (χ3v) is 4.65. The summed E-state index contributed by atoms with van der Waals surface area (Å²) in [6, 6.07) is 9.64. The Morgan fingerprint density at radius 3 is 3.00 bits per heavy atom. The number of hydrogen-bond donors (Lipinski definition) is 2. The quantitative estimate of drug-likeness (QED) is 0.875. The van der Waals surface area contributed by atoms with Gasteiger partial charge >= 0.3 is 0 Å². The minimum Gasteiger partial charge on any atom is -0.335 e. The standard InChI is InChI=1S/C16H20N4/c17-14-10-15(13-4-2-1-3-12(13)14)19-11-5-7-20-8-6-18-16(20)9-11/h1-4,6,8,11,14-15,19H,5,7,9-10,17H2. The third kappa shape index (κ3) is 1.96. The molecule has 20 heavy (non-hydrogen) atoms. The summed E-state index contributed by atoms with van der Waals surface area (Å²) in [5.41, 5.74) is 8.94. The molecule has 4 rings (SSSR count). The Morgan fingerprint density at radius 2 is 2.10 bits per heavy atom. The highest BCUT2D eigenvalue weighted by Crippen LogP contribution is 2.37. The molecule has 1 aromatic carbocycles. The molecule has 0 fully saturated rings. The van der Waals surface area contributed by atoms with Crippen molar-refractivity contribution in [3.8, 4) is 0 Å². The van der Waals surface area contributed by atoms with Crippen LogP contribution < -0.4 is 11.1 Å². The summed E-state index contributed by atoms with van der Waals surface area (Å²) >= 11 is 0. The predicted molar refractivity (Wildman–Crippen MR) is 78.2 cm³/mol. The lowest BCUT2D eigenvalue weighted by atomic mass is 10.0. The fourth-order valence-electron chi connectivity index (χ4n) is 3.61. The zero-order valence-electron chi connectivity index (χ0n) is 11.5. The van der Waals surface area contributed by atoms with E-state index in [4.69, 9.17) is 5.73 Å². The van der Waals surface area contributed by atoms with Gasteiger partial charge in [0.15, 0.2) is 0 Å². The van der Waals surface area contributed by atoms with Gasteiger partial charge in [0, 0.05) is 43.5 Å². The van der Waals surface area contributed by atoms with Crippen LogP contribution in [0.25, 0.3) is 0 Å². The summed E-state index contributed by atoms with van der Waals surface area (Å²) in [5, 5.41) is 3.80. The molecule has 104 valence electrons. The summed E-state index contributed by atoms with van der Waals surface area (Å²) in [4.78, 5) is 4.44. The van der Waals surface area contributed by atoms with Crippen molar-refractivity contribution in [3.63, 3.8) is 0 Å². The Kier molecular flexibility index (Phi) is 2.86. The van der Waals surface area contributed by atoms with E-state index in [0.29, 0.717) is 12.1 Å². The second kappa shape index (κ2) is 4.72. The normalized spacial score (nSPS) is 28.1. The molecular weight excluding hydrogens is 248 g/mol. The third-order valence-electron chi connectivity index (χ3n) is 4.65. The number of nitrogens with one attached hydrogen (secondary N) is 1. The number of nitrogens with zero attached hydrogens (tertiary/aromatic N) is 2.